The third-order valence-corrected chi connectivity index (χ3v) is 12.5. The molecule has 46 heavy (non-hydrogen) atoms. The Hall–Kier alpha value is -2.64. The molecule has 3 aliphatic heterocycles. The monoisotopic (exact) mass is 795 g/mol. The fraction of sp³-hybridized carbons (Fsp3) is 0.438. The molecular weight excluding hydrogens is 769 g/mol. The first-order valence-electron chi connectivity index (χ1n) is 14.8. The zero-order valence-corrected chi connectivity index (χ0v) is 29.2. The Morgan fingerprint density at radius 2 is 1.67 bits per heavy atom. The van der Waals surface area contributed by atoms with E-state index in [0.29, 0.717) is 28.9 Å². The van der Waals surface area contributed by atoms with E-state index in [0.717, 1.165) is 23.7 Å². The predicted octanol–water partition coefficient (Wildman–Crippen LogP) is 4.92. The van der Waals surface area contributed by atoms with Crippen LogP contribution in [0.25, 0.3) is 0 Å². The summed E-state index contributed by atoms with van der Waals surface area (Å²) in [5.74, 6) is -5.72. The van der Waals surface area contributed by atoms with Gasteiger partial charge < -0.3 is 19.5 Å². The number of halogens is 4. The lowest BCUT2D eigenvalue weighted by Gasteiger charge is -2.50. The Bertz CT molecular complexity index is 1700. The van der Waals surface area contributed by atoms with E-state index < -0.39 is 51.1 Å². The second-order valence-corrected chi connectivity index (χ2v) is 14.8. The first-order valence-corrected chi connectivity index (χ1v) is 17.5. The highest BCUT2D eigenvalue weighted by molar-refractivity contribution is 9.10. The molecule has 0 unspecified atom stereocenters. The number of rotatable bonds is 5. The van der Waals surface area contributed by atoms with E-state index in [-0.39, 0.29) is 41.3 Å². The van der Waals surface area contributed by atoms with E-state index >= 15 is 0 Å². The Labute approximate surface area is 291 Å². The summed E-state index contributed by atoms with van der Waals surface area (Å²) in [5.41, 5.74) is 2.07. The van der Waals surface area contributed by atoms with Crippen LogP contribution in [0.3, 0.4) is 0 Å². The van der Waals surface area contributed by atoms with E-state index in [9.17, 15) is 24.3 Å². The number of amides is 4. The number of allylic oxidation sites excluding steroid dienone is 2. The number of imide groups is 2. The number of hydrogen-bond acceptors (Lipinski definition) is 8. The number of likely N-dealkylation sites (tertiary alicyclic amines) is 1. The van der Waals surface area contributed by atoms with Crippen molar-refractivity contribution in [3.05, 3.63) is 58.1 Å². The molecule has 0 radical (unpaired) electrons. The van der Waals surface area contributed by atoms with E-state index in [2.05, 4.69) is 36.8 Å². The van der Waals surface area contributed by atoms with Crippen molar-refractivity contribution in [3.8, 4) is 11.5 Å². The average molecular weight is 798 g/mol. The number of morpholine rings is 1. The van der Waals surface area contributed by atoms with Crippen LogP contribution >= 0.6 is 55.1 Å². The van der Waals surface area contributed by atoms with Gasteiger partial charge in [0, 0.05) is 34.7 Å². The molecule has 2 aliphatic carbocycles. The van der Waals surface area contributed by atoms with Gasteiger partial charge in [0.2, 0.25) is 11.8 Å². The maximum absolute atomic E-state index is 14.3. The van der Waals surface area contributed by atoms with Crippen LogP contribution in [0, 0.1) is 17.8 Å². The summed E-state index contributed by atoms with van der Waals surface area (Å²) in [5, 5.41) is 11.4. The molecule has 0 bridgehead atoms. The zero-order valence-electron chi connectivity index (χ0n) is 24.6. The number of phenolic OH excluding ortho intramolecular Hbond substituents is 1. The SMILES string of the molecule is COc1cc(Br)cc([C@H]2C3=CC[C@@H]4C(=O)N(c5ccc(N6CCOCC6)cc5)C(=O)[C@@H]4[C@@H]3C[C@@]3(Cl)C(=O)N(CBr)C(=O)[C@@]23Cl)c1O. The van der Waals surface area contributed by atoms with Crippen molar-refractivity contribution in [2.45, 2.75) is 28.5 Å². The zero-order chi connectivity index (χ0) is 32.7. The number of anilines is 2. The summed E-state index contributed by atoms with van der Waals surface area (Å²) in [6.07, 6.45) is 1.89. The molecule has 6 atom stereocenters. The minimum absolute atomic E-state index is 0.120. The molecule has 0 aromatic heterocycles. The molecule has 242 valence electrons. The molecule has 3 heterocycles. The average Bonchev–Trinajstić information content (AvgIpc) is 3.40. The van der Waals surface area contributed by atoms with Crippen LogP contribution in [0.15, 0.2) is 52.5 Å². The van der Waals surface area contributed by atoms with Crippen LogP contribution in [0.1, 0.15) is 24.3 Å². The summed E-state index contributed by atoms with van der Waals surface area (Å²) < 4.78 is 11.4. The maximum atomic E-state index is 14.3. The number of phenols is 1. The molecule has 14 heteroatoms. The largest absolute Gasteiger partial charge is 0.504 e. The van der Waals surface area contributed by atoms with Crippen LogP contribution in [0.4, 0.5) is 11.4 Å². The molecule has 2 aromatic carbocycles. The standard InChI is InChI=1S/C32H29Br2Cl2N3O7/c1-45-23-13-16(34)12-21(26(23)40)25-19-6-7-20-24(22(19)14-31(35)29(43)38(15-33)30(44)32(25,31)36)28(42)39(27(20)41)18-4-2-17(3-5-18)37-8-10-46-11-9-37/h2-6,12-13,20,22,24-25,40H,7-11,14-15H2,1H3/t20-,22+,24-,25+,31+,32-/m0/s1. The lowest BCUT2D eigenvalue weighted by atomic mass is 9.56. The van der Waals surface area contributed by atoms with Gasteiger partial charge >= 0.3 is 0 Å². The van der Waals surface area contributed by atoms with Crippen molar-refractivity contribution in [3.63, 3.8) is 0 Å². The van der Waals surface area contributed by atoms with Crippen LogP contribution in [-0.2, 0) is 23.9 Å². The van der Waals surface area contributed by atoms with Crippen LogP contribution in [0.2, 0.25) is 0 Å². The van der Waals surface area contributed by atoms with Crippen LogP contribution < -0.4 is 14.5 Å². The van der Waals surface area contributed by atoms with Crippen molar-refractivity contribution < 1.29 is 33.8 Å². The number of carbonyl (C=O) groups excluding carboxylic acids is 4. The Morgan fingerprint density at radius 3 is 2.33 bits per heavy atom. The molecule has 1 saturated carbocycles. The quantitative estimate of drug-likeness (QED) is 0.197. The molecule has 10 nitrogen and oxygen atoms in total. The molecule has 0 spiro atoms. The molecular formula is C32H29Br2Cl2N3O7. The van der Waals surface area contributed by atoms with Crippen molar-refractivity contribution in [2.24, 2.45) is 17.8 Å². The molecule has 1 N–H and O–H groups in total. The predicted molar refractivity (Wildman–Crippen MR) is 178 cm³/mol. The number of nitrogens with zero attached hydrogens (tertiary/aromatic N) is 3. The number of aromatic hydroxyl groups is 1. The van der Waals surface area contributed by atoms with Gasteiger partial charge in [0.05, 0.1) is 43.3 Å². The van der Waals surface area contributed by atoms with Crippen molar-refractivity contribution in [2.75, 3.05) is 48.7 Å². The van der Waals surface area contributed by atoms with Gasteiger partial charge in [-0.2, -0.15) is 0 Å². The minimum Gasteiger partial charge on any atom is -0.504 e. The summed E-state index contributed by atoms with van der Waals surface area (Å²) in [4.78, 5) is 56.5. The topological polar surface area (TPSA) is 117 Å². The number of hydrogen-bond donors (Lipinski definition) is 1. The summed E-state index contributed by atoms with van der Waals surface area (Å²) >= 11 is 21.3. The molecule has 3 saturated heterocycles. The number of methoxy groups -OCH3 is 1. The third-order valence-electron chi connectivity index (χ3n) is 10.1. The van der Waals surface area contributed by atoms with Gasteiger partial charge in [-0.25, -0.2) is 0 Å². The molecule has 4 amide bonds. The van der Waals surface area contributed by atoms with Gasteiger partial charge in [-0.05, 0) is 55.2 Å². The normalized spacial score (nSPS) is 32.4. The van der Waals surface area contributed by atoms with Crippen molar-refractivity contribution >= 4 is 90.1 Å². The first kappa shape index (κ1) is 31.9. The smallest absolute Gasteiger partial charge is 0.254 e. The first-order chi connectivity index (χ1) is 22.0. The highest BCUT2D eigenvalue weighted by Crippen LogP contribution is 2.66. The number of alkyl halides is 3. The van der Waals surface area contributed by atoms with Crippen molar-refractivity contribution in [1.82, 2.24) is 4.90 Å². The highest BCUT2D eigenvalue weighted by atomic mass is 79.9. The maximum Gasteiger partial charge on any atom is 0.254 e. The Balaban J connectivity index is 1.32. The second-order valence-electron chi connectivity index (χ2n) is 12.2. The number of fused-ring (bicyclic) bond motifs is 4. The summed E-state index contributed by atoms with van der Waals surface area (Å²) in [6.45, 7) is 2.75. The van der Waals surface area contributed by atoms with Gasteiger partial charge in [-0.3, -0.25) is 29.0 Å². The minimum atomic E-state index is -2.04. The molecule has 4 fully saturated rings. The number of ether oxygens (including phenoxy) is 2. The Morgan fingerprint density at radius 1 is 1.00 bits per heavy atom. The van der Waals surface area contributed by atoms with E-state index in [4.69, 9.17) is 32.7 Å². The third kappa shape index (κ3) is 4.36. The van der Waals surface area contributed by atoms with E-state index in [1.165, 1.54) is 12.0 Å². The van der Waals surface area contributed by atoms with Crippen LogP contribution in [-0.4, -0.2) is 82.3 Å². The van der Waals surface area contributed by atoms with Gasteiger partial charge in [0.1, 0.15) is 0 Å². The fourth-order valence-electron chi connectivity index (χ4n) is 7.96. The lowest BCUT2D eigenvalue weighted by molar-refractivity contribution is -0.138. The van der Waals surface area contributed by atoms with Crippen LogP contribution in [0.5, 0.6) is 11.5 Å². The van der Waals surface area contributed by atoms with Gasteiger partial charge in [-0.1, -0.05) is 43.5 Å². The summed E-state index contributed by atoms with van der Waals surface area (Å²) in [6, 6.07) is 10.5. The fourth-order valence-corrected chi connectivity index (χ4v) is 9.83. The highest BCUT2D eigenvalue weighted by Gasteiger charge is 2.76. The van der Waals surface area contributed by atoms with Gasteiger partial charge in [0.15, 0.2) is 21.2 Å². The molecule has 7 rings (SSSR count). The molecule has 2 aromatic rings. The second kappa shape index (κ2) is 11.5. The van der Waals surface area contributed by atoms with Gasteiger partial charge in [-0.15, -0.1) is 23.2 Å². The lowest BCUT2D eigenvalue weighted by Crippen LogP contribution is -2.60. The van der Waals surface area contributed by atoms with Crippen molar-refractivity contribution in [1.29, 1.82) is 0 Å². The van der Waals surface area contributed by atoms with Gasteiger partial charge in [0.25, 0.3) is 11.8 Å². The van der Waals surface area contributed by atoms with E-state index in [1.807, 2.05) is 18.2 Å². The number of carbonyl (C=O) groups is 4. The number of benzene rings is 2. The Kier molecular flexibility index (Phi) is 7.99. The summed E-state index contributed by atoms with van der Waals surface area (Å²) in [7, 11) is 1.39. The van der Waals surface area contributed by atoms with E-state index in [1.54, 1.807) is 24.3 Å². The molecule has 5 aliphatic rings.